The number of rotatable bonds is 4. The molecule has 2 N–H and O–H groups in total. The summed E-state index contributed by atoms with van der Waals surface area (Å²) in [4.78, 5) is 37.0. The predicted molar refractivity (Wildman–Crippen MR) is 80.6 cm³/mol. The van der Waals surface area contributed by atoms with Gasteiger partial charge in [0.25, 0.3) is 5.91 Å². The summed E-state index contributed by atoms with van der Waals surface area (Å²) in [5.41, 5.74) is 0. The van der Waals surface area contributed by atoms with Crippen molar-refractivity contribution in [3.8, 4) is 0 Å². The number of nitrogens with zero attached hydrogens (tertiary/aromatic N) is 1. The van der Waals surface area contributed by atoms with E-state index in [0.29, 0.717) is 21.5 Å². The van der Waals surface area contributed by atoms with Crippen LogP contribution in [-0.2, 0) is 9.59 Å². The van der Waals surface area contributed by atoms with Crippen LogP contribution in [0.25, 0.3) is 0 Å². The molecule has 2 heterocycles. The van der Waals surface area contributed by atoms with Crippen molar-refractivity contribution in [2.24, 2.45) is 5.92 Å². The normalized spacial score (nSPS) is 21.3. The first-order chi connectivity index (χ1) is 10.1. The summed E-state index contributed by atoms with van der Waals surface area (Å²) in [6, 6.07) is 2.56. The van der Waals surface area contributed by atoms with Crippen LogP contribution in [0.3, 0.4) is 0 Å². The molecule has 1 aromatic heterocycles. The zero-order valence-electron chi connectivity index (χ0n) is 11.1. The van der Waals surface area contributed by atoms with Crippen molar-refractivity contribution in [3.63, 3.8) is 0 Å². The third-order valence-corrected chi connectivity index (χ3v) is 5.44. The molecule has 0 spiro atoms. The molecule has 1 saturated heterocycles. The second-order valence-corrected chi connectivity index (χ2v) is 7.14. The van der Waals surface area contributed by atoms with Crippen LogP contribution in [0.5, 0.6) is 0 Å². The van der Waals surface area contributed by atoms with Crippen molar-refractivity contribution in [2.45, 2.75) is 18.9 Å². The SMILES string of the molecule is O=C(Nc1ccc(C(=O)N2CSCC2C(=O)O)s1)C1CC1. The zero-order valence-corrected chi connectivity index (χ0v) is 12.7. The number of aliphatic carboxylic acids is 1. The van der Waals surface area contributed by atoms with Crippen molar-refractivity contribution < 1.29 is 19.5 Å². The molecule has 0 radical (unpaired) electrons. The average Bonchev–Trinajstić information content (AvgIpc) is 3.00. The molecule has 6 nitrogen and oxygen atoms in total. The Kier molecular flexibility index (Phi) is 3.90. The molecule has 1 unspecified atom stereocenters. The predicted octanol–water partition coefficient (Wildman–Crippen LogP) is 1.70. The quantitative estimate of drug-likeness (QED) is 0.879. The van der Waals surface area contributed by atoms with Gasteiger partial charge in [0, 0.05) is 11.7 Å². The number of carbonyl (C=O) groups is 3. The minimum atomic E-state index is -0.979. The number of thiophene rings is 1. The Morgan fingerprint density at radius 3 is 2.71 bits per heavy atom. The van der Waals surface area contributed by atoms with Crippen LogP contribution >= 0.6 is 23.1 Å². The molecule has 1 aliphatic carbocycles. The number of nitrogens with one attached hydrogen (secondary N) is 1. The summed E-state index contributed by atoms with van der Waals surface area (Å²) >= 11 is 2.62. The number of hydrogen-bond acceptors (Lipinski definition) is 5. The minimum absolute atomic E-state index is 0.00371. The van der Waals surface area contributed by atoms with Crippen molar-refractivity contribution in [1.82, 2.24) is 4.90 Å². The van der Waals surface area contributed by atoms with E-state index in [1.807, 2.05) is 0 Å². The molecule has 1 aliphatic heterocycles. The van der Waals surface area contributed by atoms with E-state index in [-0.39, 0.29) is 17.7 Å². The lowest BCUT2D eigenvalue weighted by Gasteiger charge is -2.19. The second-order valence-electron chi connectivity index (χ2n) is 5.06. The van der Waals surface area contributed by atoms with E-state index in [1.165, 1.54) is 28.0 Å². The lowest BCUT2D eigenvalue weighted by atomic mass is 10.3. The van der Waals surface area contributed by atoms with E-state index in [4.69, 9.17) is 5.11 Å². The van der Waals surface area contributed by atoms with Gasteiger partial charge in [0.05, 0.1) is 15.8 Å². The van der Waals surface area contributed by atoms with Gasteiger partial charge in [0.1, 0.15) is 6.04 Å². The van der Waals surface area contributed by atoms with Gasteiger partial charge in [0.15, 0.2) is 0 Å². The Labute approximate surface area is 129 Å². The summed E-state index contributed by atoms with van der Waals surface area (Å²) in [7, 11) is 0. The van der Waals surface area contributed by atoms with E-state index in [9.17, 15) is 14.4 Å². The highest BCUT2D eigenvalue weighted by Gasteiger charge is 2.35. The van der Waals surface area contributed by atoms with Crippen molar-refractivity contribution in [3.05, 3.63) is 17.0 Å². The number of thioether (sulfide) groups is 1. The van der Waals surface area contributed by atoms with Crippen LogP contribution in [0.4, 0.5) is 5.00 Å². The Morgan fingerprint density at radius 2 is 2.05 bits per heavy atom. The first-order valence-corrected chi connectivity index (χ1v) is 8.55. The molecule has 112 valence electrons. The first-order valence-electron chi connectivity index (χ1n) is 6.58. The fourth-order valence-corrected chi connectivity index (χ4v) is 4.09. The molecular weight excluding hydrogens is 312 g/mol. The van der Waals surface area contributed by atoms with Gasteiger partial charge in [-0.05, 0) is 25.0 Å². The molecule has 1 aromatic rings. The van der Waals surface area contributed by atoms with E-state index in [2.05, 4.69) is 5.32 Å². The summed E-state index contributed by atoms with van der Waals surface area (Å²) in [5, 5.41) is 12.5. The maximum Gasteiger partial charge on any atom is 0.327 e. The maximum absolute atomic E-state index is 12.4. The molecule has 2 aliphatic rings. The number of carboxylic acids is 1. The number of amides is 2. The monoisotopic (exact) mass is 326 g/mol. The van der Waals surface area contributed by atoms with Gasteiger partial charge in [-0.2, -0.15) is 0 Å². The number of carbonyl (C=O) groups excluding carboxylic acids is 2. The Hall–Kier alpha value is -1.54. The van der Waals surface area contributed by atoms with E-state index in [1.54, 1.807) is 12.1 Å². The van der Waals surface area contributed by atoms with E-state index < -0.39 is 12.0 Å². The summed E-state index contributed by atoms with van der Waals surface area (Å²) in [5.74, 6) is -0.361. The molecule has 0 aromatic carbocycles. The van der Waals surface area contributed by atoms with Gasteiger partial charge in [-0.1, -0.05) is 0 Å². The highest BCUT2D eigenvalue weighted by Crippen LogP contribution is 2.32. The smallest absolute Gasteiger partial charge is 0.327 e. The second kappa shape index (κ2) is 5.69. The van der Waals surface area contributed by atoms with Gasteiger partial charge in [-0.3, -0.25) is 9.59 Å². The number of anilines is 1. The largest absolute Gasteiger partial charge is 0.480 e. The lowest BCUT2D eigenvalue weighted by molar-refractivity contribution is -0.140. The van der Waals surface area contributed by atoms with E-state index >= 15 is 0 Å². The van der Waals surface area contributed by atoms with Crippen LogP contribution in [0.2, 0.25) is 0 Å². The van der Waals surface area contributed by atoms with Crippen LogP contribution in [-0.4, -0.2) is 45.5 Å². The third-order valence-electron chi connectivity index (χ3n) is 3.44. The van der Waals surface area contributed by atoms with Crippen LogP contribution in [0.15, 0.2) is 12.1 Å². The number of hydrogen-bond donors (Lipinski definition) is 2. The maximum atomic E-state index is 12.4. The highest BCUT2D eigenvalue weighted by molar-refractivity contribution is 7.99. The van der Waals surface area contributed by atoms with Gasteiger partial charge < -0.3 is 15.3 Å². The van der Waals surface area contributed by atoms with Gasteiger partial charge >= 0.3 is 5.97 Å². The molecule has 2 fully saturated rings. The third kappa shape index (κ3) is 3.06. The molecule has 3 rings (SSSR count). The van der Waals surface area contributed by atoms with Crippen LogP contribution in [0, 0.1) is 5.92 Å². The molecule has 1 saturated carbocycles. The zero-order chi connectivity index (χ0) is 15.0. The summed E-state index contributed by atoms with van der Waals surface area (Å²) < 4.78 is 0. The minimum Gasteiger partial charge on any atom is -0.480 e. The molecule has 0 bridgehead atoms. The van der Waals surface area contributed by atoms with Crippen molar-refractivity contribution >= 4 is 45.9 Å². The Morgan fingerprint density at radius 1 is 1.29 bits per heavy atom. The average molecular weight is 326 g/mol. The van der Waals surface area contributed by atoms with Crippen LogP contribution in [0.1, 0.15) is 22.5 Å². The van der Waals surface area contributed by atoms with E-state index in [0.717, 1.165) is 12.8 Å². The topological polar surface area (TPSA) is 86.7 Å². The molecule has 1 atom stereocenters. The van der Waals surface area contributed by atoms with Gasteiger partial charge in [-0.15, -0.1) is 23.1 Å². The fourth-order valence-electron chi connectivity index (χ4n) is 2.08. The molecule has 21 heavy (non-hydrogen) atoms. The van der Waals surface area contributed by atoms with Crippen LogP contribution < -0.4 is 5.32 Å². The first kappa shape index (κ1) is 14.4. The Bertz CT molecular complexity index is 597. The summed E-state index contributed by atoms with van der Waals surface area (Å²) in [6.45, 7) is 0. The lowest BCUT2D eigenvalue weighted by Crippen LogP contribution is -2.41. The highest BCUT2D eigenvalue weighted by atomic mass is 32.2. The standard InChI is InChI=1S/C13H14N2O4S2/c16-11(7-1-2-7)14-10-4-3-9(21-10)12(17)15-6-20-5-8(15)13(18)19/h3-4,7-8H,1-2,5-6H2,(H,14,16)(H,18,19). The summed E-state index contributed by atoms with van der Waals surface area (Å²) in [6.07, 6.45) is 1.85. The van der Waals surface area contributed by atoms with Crippen molar-refractivity contribution in [2.75, 3.05) is 16.9 Å². The fraction of sp³-hybridized carbons (Fsp3) is 0.462. The van der Waals surface area contributed by atoms with Crippen molar-refractivity contribution in [1.29, 1.82) is 0 Å². The van der Waals surface area contributed by atoms with Gasteiger partial charge in [0.2, 0.25) is 5.91 Å². The van der Waals surface area contributed by atoms with Gasteiger partial charge in [-0.25, -0.2) is 4.79 Å². The molecular formula is C13H14N2O4S2. The Balaban J connectivity index is 1.68. The number of carboxylic acid groups (broad SMARTS) is 1. The molecule has 8 heteroatoms. The molecule has 2 amide bonds.